The fraction of sp³-hybridized carbons (Fsp3) is 0.222. The minimum absolute atomic E-state index is 0.215. The number of alkyl halides is 1. The van der Waals surface area contributed by atoms with Gasteiger partial charge in [0.05, 0.1) is 10.4 Å². The van der Waals surface area contributed by atoms with Gasteiger partial charge < -0.3 is 11.1 Å². The van der Waals surface area contributed by atoms with Crippen LogP contribution in [0.3, 0.4) is 0 Å². The minimum Gasteiger partial charge on any atom is -0.365 e. The van der Waals surface area contributed by atoms with Gasteiger partial charge in [0.1, 0.15) is 17.0 Å². The lowest BCUT2D eigenvalue weighted by Gasteiger charge is -1.98. The van der Waals surface area contributed by atoms with Crippen LogP contribution < -0.4 is 11.1 Å². The average molecular weight is 258 g/mol. The Balaban J connectivity index is 3.20. The lowest BCUT2D eigenvalue weighted by Crippen LogP contribution is -2.12. The molecule has 16 heavy (non-hydrogen) atoms. The SMILES string of the molecule is Cc1c(C(N)=O)sc(NC(=O)CCl)c1C#N. The molecule has 0 unspecified atom stereocenters. The van der Waals surface area contributed by atoms with E-state index < -0.39 is 11.8 Å². The van der Waals surface area contributed by atoms with Crippen LogP contribution in [0, 0.1) is 18.3 Å². The van der Waals surface area contributed by atoms with Gasteiger partial charge in [0.15, 0.2) is 0 Å². The summed E-state index contributed by atoms with van der Waals surface area (Å²) in [6, 6.07) is 1.91. The summed E-state index contributed by atoms with van der Waals surface area (Å²) in [5.74, 6) is -1.27. The third kappa shape index (κ3) is 2.32. The van der Waals surface area contributed by atoms with Crippen molar-refractivity contribution in [2.75, 3.05) is 11.2 Å². The summed E-state index contributed by atoms with van der Waals surface area (Å²) < 4.78 is 0. The summed E-state index contributed by atoms with van der Waals surface area (Å²) in [4.78, 5) is 22.4. The van der Waals surface area contributed by atoms with Crippen LogP contribution in [0.25, 0.3) is 0 Å². The number of carbonyl (C=O) groups excluding carboxylic acids is 2. The molecule has 0 saturated carbocycles. The highest BCUT2D eigenvalue weighted by atomic mass is 35.5. The summed E-state index contributed by atoms with van der Waals surface area (Å²) in [6.45, 7) is 1.60. The zero-order valence-electron chi connectivity index (χ0n) is 8.33. The van der Waals surface area contributed by atoms with Gasteiger partial charge in [-0.05, 0) is 12.5 Å². The van der Waals surface area contributed by atoms with Gasteiger partial charge in [0.2, 0.25) is 5.91 Å². The van der Waals surface area contributed by atoms with E-state index in [2.05, 4.69) is 5.32 Å². The molecule has 5 nitrogen and oxygen atoms in total. The molecule has 0 aliphatic heterocycles. The molecule has 0 aliphatic rings. The van der Waals surface area contributed by atoms with Gasteiger partial charge in [0, 0.05) is 0 Å². The Bertz CT molecular complexity index is 490. The summed E-state index contributed by atoms with van der Waals surface area (Å²) in [5, 5.41) is 11.6. The molecule has 1 heterocycles. The Labute approximate surface area is 101 Å². The first-order chi connectivity index (χ1) is 7.51. The van der Waals surface area contributed by atoms with Crippen molar-refractivity contribution in [1.29, 1.82) is 5.26 Å². The predicted molar refractivity (Wildman–Crippen MR) is 61.6 cm³/mol. The molecule has 0 atom stereocenters. The second-order valence-corrected chi connectivity index (χ2v) is 4.21. The first-order valence-corrected chi connectivity index (χ1v) is 5.55. The molecule has 0 aliphatic carbocycles. The van der Waals surface area contributed by atoms with E-state index in [1.54, 1.807) is 6.92 Å². The molecule has 84 valence electrons. The summed E-state index contributed by atoms with van der Waals surface area (Å²) in [7, 11) is 0. The molecule has 0 aromatic carbocycles. The standard InChI is InChI=1S/C9H8ClN3O2S/c1-4-5(3-11)9(13-6(14)2-10)16-7(4)8(12)15/h2H2,1H3,(H2,12,15)(H,13,14). The second-order valence-electron chi connectivity index (χ2n) is 2.92. The van der Waals surface area contributed by atoms with E-state index in [0.717, 1.165) is 11.3 Å². The minimum atomic E-state index is -0.620. The Kier molecular flexibility index (Phi) is 3.88. The highest BCUT2D eigenvalue weighted by Crippen LogP contribution is 2.32. The third-order valence-electron chi connectivity index (χ3n) is 1.86. The molecule has 2 amide bonds. The van der Waals surface area contributed by atoms with Crippen molar-refractivity contribution < 1.29 is 9.59 Å². The van der Waals surface area contributed by atoms with Crippen LogP contribution in [0.4, 0.5) is 5.00 Å². The van der Waals surface area contributed by atoms with E-state index in [1.165, 1.54) is 0 Å². The van der Waals surface area contributed by atoms with Gasteiger partial charge in [-0.25, -0.2) is 0 Å². The van der Waals surface area contributed by atoms with Crippen molar-refractivity contribution in [3.8, 4) is 6.07 Å². The number of primary amides is 1. The molecule has 0 bridgehead atoms. The van der Waals surface area contributed by atoms with Crippen LogP contribution in [0.2, 0.25) is 0 Å². The highest BCUT2D eigenvalue weighted by molar-refractivity contribution is 7.18. The van der Waals surface area contributed by atoms with Gasteiger partial charge in [-0.1, -0.05) is 0 Å². The molecule has 3 N–H and O–H groups in total. The fourth-order valence-electron chi connectivity index (χ4n) is 1.13. The van der Waals surface area contributed by atoms with E-state index in [4.69, 9.17) is 22.6 Å². The quantitative estimate of drug-likeness (QED) is 0.797. The van der Waals surface area contributed by atoms with Gasteiger partial charge in [-0.15, -0.1) is 22.9 Å². The fourth-order valence-corrected chi connectivity index (χ4v) is 2.22. The Hall–Kier alpha value is -1.58. The molecular weight excluding hydrogens is 250 g/mol. The number of nitrogens with two attached hydrogens (primary N) is 1. The number of nitrogens with one attached hydrogen (secondary N) is 1. The first kappa shape index (κ1) is 12.5. The molecule has 0 radical (unpaired) electrons. The lowest BCUT2D eigenvalue weighted by atomic mass is 10.1. The maximum atomic E-state index is 11.1. The van der Waals surface area contributed by atoms with Crippen LogP contribution in [0.15, 0.2) is 0 Å². The van der Waals surface area contributed by atoms with Crippen LogP contribution in [0.1, 0.15) is 20.8 Å². The molecule has 1 aromatic rings. The number of hydrogen-bond donors (Lipinski definition) is 2. The molecule has 1 rings (SSSR count). The van der Waals surface area contributed by atoms with Gasteiger partial charge in [-0.3, -0.25) is 9.59 Å². The molecule has 7 heteroatoms. The zero-order valence-corrected chi connectivity index (χ0v) is 9.91. The van der Waals surface area contributed by atoms with Gasteiger partial charge in [-0.2, -0.15) is 5.26 Å². The first-order valence-electron chi connectivity index (χ1n) is 4.20. The summed E-state index contributed by atoms with van der Waals surface area (Å²) >= 11 is 6.30. The number of halogens is 1. The molecule has 0 saturated heterocycles. The van der Waals surface area contributed by atoms with Crippen molar-refractivity contribution in [3.05, 3.63) is 16.0 Å². The van der Waals surface area contributed by atoms with E-state index >= 15 is 0 Å². The van der Waals surface area contributed by atoms with Crippen LogP contribution >= 0.6 is 22.9 Å². The number of amides is 2. The number of anilines is 1. The Morgan fingerprint density at radius 3 is 2.69 bits per heavy atom. The van der Waals surface area contributed by atoms with Crippen LogP contribution in [0.5, 0.6) is 0 Å². The van der Waals surface area contributed by atoms with Crippen molar-refractivity contribution in [2.45, 2.75) is 6.92 Å². The number of hydrogen-bond acceptors (Lipinski definition) is 4. The van der Waals surface area contributed by atoms with Crippen molar-refractivity contribution in [2.24, 2.45) is 5.73 Å². The zero-order chi connectivity index (χ0) is 12.3. The van der Waals surface area contributed by atoms with Crippen molar-refractivity contribution >= 4 is 39.8 Å². The van der Waals surface area contributed by atoms with Crippen molar-refractivity contribution in [3.63, 3.8) is 0 Å². The normalized spacial score (nSPS) is 9.56. The number of thiophene rings is 1. The lowest BCUT2D eigenvalue weighted by molar-refractivity contribution is -0.113. The van der Waals surface area contributed by atoms with E-state index in [0.29, 0.717) is 10.6 Å². The largest absolute Gasteiger partial charge is 0.365 e. The Morgan fingerprint density at radius 2 is 2.25 bits per heavy atom. The Morgan fingerprint density at radius 1 is 1.62 bits per heavy atom. The monoisotopic (exact) mass is 257 g/mol. The smallest absolute Gasteiger partial charge is 0.259 e. The summed E-state index contributed by atoms with van der Waals surface area (Å²) in [5.41, 5.74) is 5.86. The van der Waals surface area contributed by atoms with E-state index in [1.807, 2.05) is 6.07 Å². The molecule has 0 fully saturated rings. The van der Waals surface area contributed by atoms with Gasteiger partial charge in [0.25, 0.3) is 5.91 Å². The van der Waals surface area contributed by atoms with Crippen LogP contribution in [-0.2, 0) is 4.79 Å². The maximum Gasteiger partial charge on any atom is 0.259 e. The number of nitrogens with zero attached hydrogens (tertiary/aromatic N) is 1. The van der Waals surface area contributed by atoms with Gasteiger partial charge >= 0.3 is 0 Å². The van der Waals surface area contributed by atoms with Crippen molar-refractivity contribution in [1.82, 2.24) is 0 Å². The van der Waals surface area contributed by atoms with Crippen LogP contribution in [-0.4, -0.2) is 17.7 Å². The average Bonchev–Trinajstić information content (AvgIpc) is 2.55. The number of rotatable bonds is 3. The topological polar surface area (TPSA) is 96.0 Å². The molecular formula is C9H8ClN3O2S. The van der Waals surface area contributed by atoms with E-state index in [-0.39, 0.29) is 16.3 Å². The number of nitriles is 1. The highest BCUT2D eigenvalue weighted by Gasteiger charge is 2.19. The maximum absolute atomic E-state index is 11.1. The molecule has 1 aromatic heterocycles. The van der Waals surface area contributed by atoms with E-state index in [9.17, 15) is 9.59 Å². The molecule has 0 spiro atoms. The second kappa shape index (κ2) is 4.96. The summed E-state index contributed by atoms with van der Waals surface area (Å²) in [6.07, 6.45) is 0. The number of carbonyl (C=O) groups is 2. The third-order valence-corrected chi connectivity index (χ3v) is 3.32. The predicted octanol–water partition coefficient (Wildman–Crippen LogP) is 1.20.